The minimum Gasteiger partial charge on any atom is -0.481 e. The van der Waals surface area contributed by atoms with Gasteiger partial charge in [0.05, 0.1) is 6.42 Å². The Kier molecular flexibility index (Phi) is 5.28. The van der Waals surface area contributed by atoms with Gasteiger partial charge < -0.3 is 5.11 Å². The van der Waals surface area contributed by atoms with Crippen molar-refractivity contribution in [2.45, 2.75) is 24.5 Å². The highest BCUT2D eigenvalue weighted by atomic mass is 32.2. The maximum Gasteiger partial charge on any atom is 0.308 e. The predicted octanol–water partition coefficient (Wildman–Crippen LogP) is 1.96. The number of rotatable bonds is 7. The minimum atomic E-state index is -3.56. The third-order valence-corrected chi connectivity index (χ3v) is 5.83. The normalized spacial score (nSPS) is 11.7. The first-order chi connectivity index (χ1) is 8.77. The van der Waals surface area contributed by atoms with Gasteiger partial charge in [-0.2, -0.15) is 4.31 Å². The Morgan fingerprint density at radius 1 is 1.47 bits per heavy atom. The molecule has 0 aliphatic carbocycles. The lowest BCUT2D eigenvalue weighted by Crippen LogP contribution is -2.31. The lowest BCUT2D eigenvalue weighted by atomic mass is 10.3. The highest BCUT2D eigenvalue weighted by Crippen LogP contribution is 2.25. The first-order valence-corrected chi connectivity index (χ1v) is 7.98. The minimum absolute atomic E-state index is 0.160. The van der Waals surface area contributed by atoms with E-state index in [-0.39, 0.29) is 17.2 Å². The van der Waals surface area contributed by atoms with E-state index in [2.05, 4.69) is 6.58 Å². The van der Waals surface area contributed by atoms with Crippen molar-refractivity contribution in [2.75, 3.05) is 13.1 Å². The van der Waals surface area contributed by atoms with Crippen molar-refractivity contribution in [1.29, 1.82) is 0 Å². The third kappa shape index (κ3) is 4.15. The van der Waals surface area contributed by atoms with Gasteiger partial charge in [0.1, 0.15) is 4.21 Å². The molecule has 106 valence electrons. The van der Waals surface area contributed by atoms with Crippen molar-refractivity contribution in [3.8, 4) is 0 Å². The maximum absolute atomic E-state index is 12.3. The first-order valence-electron chi connectivity index (χ1n) is 5.72. The second-order valence-electron chi connectivity index (χ2n) is 4.18. The molecule has 0 aliphatic heterocycles. The number of hydrogen-bond acceptors (Lipinski definition) is 4. The van der Waals surface area contributed by atoms with Crippen LogP contribution in [0.3, 0.4) is 0 Å². The van der Waals surface area contributed by atoms with Crippen LogP contribution >= 0.6 is 11.3 Å². The standard InChI is InChI=1S/C12H17NO4S2/c1-4-13(8-9(2)3)19(16,17)12-6-5-10(18-12)7-11(14)15/h5-6H,2,4,7-8H2,1,3H3,(H,14,15). The SMILES string of the molecule is C=C(C)CN(CC)S(=O)(=O)c1ccc(CC(=O)O)s1. The predicted molar refractivity (Wildman–Crippen MR) is 74.9 cm³/mol. The Morgan fingerprint density at radius 2 is 2.11 bits per heavy atom. The molecule has 0 aliphatic rings. The van der Waals surface area contributed by atoms with E-state index in [1.165, 1.54) is 10.4 Å². The molecule has 0 amide bonds. The molecule has 1 N–H and O–H groups in total. The van der Waals surface area contributed by atoms with Gasteiger partial charge in [0, 0.05) is 18.0 Å². The molecule has 0 radical (unpaired) electrons. The lowest BCUT2D eigenvalue weighted by molar-refractivity contribution is -0.136. The molecule has 0 fully saturated rings. The summed E-state index contributed by atoms with van der Waals surface area (Å²) in [5.74, 6) is -0.972. The fourth-order valence-electron chi connectivity index (χ4n) is 1.54. The summed E-state index contributed by atoms with van der Waals surface area (Å²) in [5.41, 5.74) is 0.757. The number of carbonyl (C=O) groups is 1. The maximum atomic E-state index is 12.3. The van der Waals surface area contributed by atoms with E-state index < -0.39 is 16.0 Å². The Balaban J connectivity index is 3.01. The molecule has 0 unspecified atom stereocenters. The summed E-state index contributed by atoms with van der Waals surface area (Å²) in [6.45, 7) is 7.85. The molecular formula is C12H17NO4S2. The van der Waals surface area contributed by atoms with Crippen LogP contribution in [-0.2, 0) is 21.2 Å². The van der Waals surface area contributed by atoms with Crippen molar-refractivity contribution in [3.63, 3.8) is 0 Å². The molecule has 1 aromatic rings. The fraction of sp³-hybridized carbons (Fsp3) is 0.417. The lowest BCUT2D eigenvalue weighted by Gasteiger charge is -2.19. The van der Waals surface area contributed by atoms with Crippen molar-refractivity contribution in [3.05, 3.63) is 29.2 Å². The van der Waals surface area contributed by atoms with Gasteiger partial charge in [-0.25, -0.2) is 8.42 Å². The quantitative estimate of drug-likeness (QED) is 0.781. The number of hydrogen-bond donors (Lipinski definition) is 1. The Labute approximate surface area is 117 Å². The Bertz CT molecular complexity index is 574. The van der Waals surface area contributed by atoms with E-state index in [0.717, 1.165) is 16.9 Å². The van der Waals surface area contributed by atoms with Crippen LogP contribution in [-0.4, -0.2) is 36.9 Å². The van der Waals surface area contributed by atoms with Crippen molar-refractivity contribution in [2.24, 2.45) is 0 Å². The van der Waals surface area contributed by atoms with E-state index in [0.29, 0.717) is 11.4 Å². The molecule has 0 spiro atoms. The molecule has 0 saturated carbocycles. The van der Waals surface area contributed by atoms with Crippen LogP contribution in [0.4, 0.5) is 0 Å². The molecule has 1 aromatic heterocycles. The Hall–Kier alpha value is -1.18. The molecular weight excluding hydrogens is 286 g/mol. The molecule has 0 saturated heterocycles. The van der Waals surface area contributed by atoms with Gasteiger partial charge in [-0.3, -0.25) is 4.79 Å². The average Bonchev–Trinajstić information content (AvgIpc) is 2.73. The van der Waals surface area contributed by atoms with Crippen LogP contribution in [0, 0.1) is 0 Å². The van der Waals surface area contributed by atoms with Gasteiger partial charge in [-0.1, -0.05) is 19.1 Å². The monoisotopic (exact) mass is 303 g/mol. The van der Waals surface area contributed by atoms with Crippen LogP contribution < -0.4 is 0 Å². The summed E-state index contributed by atoms with van der Waals surface area (Å²) in [7, 11) is -3.56. The molecule has 1 heterocycles. The van der Waals surface area contributed by atoms with Crippen molar-refractivity contribution >= 4 is 27.3 Å². The van der Waals surface area contributed by atoms with E-state index in [1.54, 1.807) is 19.9 Å². The van der Waals surface area contributed by atoms with Crippen molar-refractivity contribution < 1.29 is 18.3 Å². The fourth-order valence-corrected chi connectivity index (χ4v) is 4.55. The molecule has 0 bridgehead atoms. The number of thiophene rings is 1. The number of nitrogens with zero attached hydrogens (tertiary/aromatic N) is 1. The second kappa shape index (κ2) is 6.31. The van der Waals surface area contributed by atoms with Gasteiger partial charge in [0.15, 0.2) is 0 Å². The average molecular weight is 303 g/mol. The zero-order chi connectivity index (χ0) is 14.6. The van der Waals surface area contributed by atoms with Crippen LogP contribution in [0.2, 0.25) is 0 Å². The molecule has 7 heteroatoms. The van der Waals surface area contributed by atoms with E-state index in [9.17, 15) is 13.2 Å². The zero-order valence-corrected chi connectivity index (χ0v) is 12.6. The van der Waals surface area contributed by atoms with Gasteiger partial charge in [-0.05, 0) is 19.1 Å². The summed E-state index contributed by atoms with van der Waals surface area (Å²) in [6, 6.07) is 3.00. The van der Waals surface area contributed by atoms with Gasteiger partial charge in [0.2, 0.25) is 0 Å². The summed E-state index contributed by atoms with van der Waals surface area (Å²) < 4.78 is 26.2. The smallest absolute Gasteiger partial charge is 0.308 e. The molecule has 1 rings (SSSR count). The first kappa shape index (κ1) is 15.9. The summed E-state index contributed by atoms with van der Waals surface area (Å²) in [6.07, 6.45) is -0.160. The topological polar surface area (TPSA) is 74.7 Å². The Morgan fingerprint density at radius 3 is 2.58 bits per heavy atom. The van der Waals surface area contributed by atoms with E-state index in [1.807, 2.05) is 0 Å². The van der Waals surface area contributed by atoms with Crippen LogP contribution in [0.25, 0.3) is 0 Å². The van der Waals surface area contributed by atoms with E-state index >= 15 is 0 Å². The highest BCUT2D eigenvalue weighted by molar-refractivity contribution is 7.91. The van der Waals surface area contributed by atoms with Gasteiger partial charge in [0.25, 0.3) is 10.0 Å². The molecule has 19 heavy (non-hydrogen) atoms. The zero-order valence-electron chi connectivity index (χ0n) is 10.9. The largest absolute Gasteiger partial charge is 0.481 e. The summed E-state index contributed by atoms with van der Waals surface area (Å²) >= 11 is 0.999. The molecule has 0 atom stereocenters. The number of aliphatic carboxylic acids is 1. The van der Waals surface area contributed by atoms with Gasteiger partial charge >= 0.3 is 5.97 Å². The van der Waals surface area contributed by atoms with Crippen LogP contribution in [0.15, 0.2) is 28.5 Å². The van der Waals surface area contributed by atoms with Gasteiger partial charge in [-0.15, -0.1) is 11.3 Å². The second-order valence-corrected chi connectivity index (χ2v) is 7.51. The molecule has 5 nitrogen and oxygen atoms in total. The number of carboxylic acids is 1. The highest BCUT2D eigenvalue weighted by Gasteiger charge is 2.25. The van der Waals surface area contributed by atoms with Crippen LogP contribution in [0.1, 0.15) is 18.7 Å². The summed E-state index contributed by atoms with van der Waals surface area (Å²) in [4.78, 5) is 11.1. The van der Waals surface area contributed by atoms with Crippen LogP contribution in [0.5, 0.6) is 0 Å². The summed E-state index contributed by atoms with van der Waals surface area (Å²) in [5, 5.41) is 8.69. The molecule has 0 aromatic carbocycles. The van der Waals surface area contributed by atoms with Crippen molar-refractivity contribution in [1.82, 2.24) is 4.31 Å². The number of sulfonamides is 1. The third-order valence-electron chi connectivity index (χ3n) is 2.36. The van der Waals surface area contributed by atoms with E-state index in [4.69, 9.17) is 5.11 Å². The number of carboxylic acid groups (broad SMARTS) is 1. The number of likely N-dealkylation sites (N-methyl/N-ethyl adjacent to an activating group) is 1.